The van der Waals surface area contributed by atoms with Crippen molar-refractivity contribution in [1.82, 2.24) is 20.4 Å². The molecule has 0 aliphatic rings. The topological polar surface area (TPSA) is 41.9 Å². The Labute approximate surface area is 109 Å². The fourth-order valence-electron chi connectivity index (χ4n) is 1.77. The number of aromatic nitrogens is 2. The molecular weight excluding hydrogens is 232 g/mol. The van der Waals surface area contributed by atoms with Crippen molar-refractivity contribution in [3.63, 3.8) is 0 Å². The Bertz CT molecular complexity index is 373. The lowest BCUT2D eigenvalue weighted by Crippen LogP contribution is -2.37. The van der Waals surface area contributed by atoms with E-state index >= 15 is 0 Å². The van der Waals surface area contributed by atoms with Crippen LogP contribution in [0.4, 0.5) is 0 Å². The lowest BCUT2D eigenvalue weighted by molar-refractivity contribution is 0.631. The molecule has 1 atom stereocenters. The van der Waals surface area contributed by atoms with E-state index in [4.69, 9.17) is 12.2 Å². The summed E-state index contributed by atoms with van der Waals surface area (Å²) in [6, 6.07) is 0.187. The Balaban J connectivity index is 2.60. The lowest BCUT2D eigenvalue weighted by atomic mass is 10.1. The molecule has 4 nitrogen and oxygen atoms in total. The van der Waals surface area contributed by atoms with Gasteiger partial charge in [0, 0.05) is 24.3 Å². The Kier molecular flexibility index (Phi) is 5.41. The molecule has 96 valence electrons. The normalized spacial score (nSPS) is 12.2. The van der Waals surface area contributed by atoms with E-state index in [0.29, 0.717) is 5.11 Å². The summed E-state index contributed by atoms with van der Waals surface area (Å²) in [7, 11) is 0. The summed E-state index contributed by atoms with van der Waals surface area (Å²) in [6.07, 6.45) is 2.99. The van der Waals surface area contributed by atoms with Crippen LogP contribution in [0, 0.1) is 6.92 Å². The summed E-state index contributed by atoms with van der Waals surface area (Å²) in [5.41, 5.74) is 2.40. The zero-order valence-electron chi connectivity index (χ0n) is 11.1. The van der Waals surface area contributed by atoms with Crippen LogP contribution < -0.4 is 10.6 Å². The van der Waals surface area contributed by atoms with Gasteiger partial charge in [0.25, 0.3) is 0 Å². The van der Waals surface area contributed by atoms with Crippen molar-refractivity contribution >= 4 is 17.3 Å². The third-order valence-electron chi connectivity index (χ3n) is 2.79. The molecule has 0 aromatic carbocycles. The molecule has 0 amide bonds. The van der Waals surface area contributed by atoms with Crippen LogP contribution in [0.2, 0.25) is 0 Å². The number of aryl methyl sites for hydroxylation is 1. The minimum atomic E-state index is 0.187. The molecule has 1 heterocycles. The third kappa shape index (κ3) is 3.70. The van der Waals surface area contributed by atoms with Gasteiger partial charge < -0.3 is 10.6 Å². The zero-order chi connectivity index (χ0) is 12.8. The van der Waals surface area contributed by atoms with Crippen LogP contribution in [0.25, 0.3) is 0 Å². The molecule has 0 spiro atoms. The predicted octanol–water partition coefficient (Wildman–Crippen LogP) is 2.15. The first-order valence-corrected chi connectivity index (χ1v) is 6.57. The highest BCUT2D eigenvalue weighted by atomic mass is 32.1. The lowest BCUT2D eigenvalue weighted by Gasteiger charge is -2.16. The van der Waals surface area contributed by atoms with Crippen LogP contribution in [-0.4, -0.2) is 21.4 Å². The predicted molar refractivity (Wildman–Crippen MR) is 75.1 cm³/mol. The molecule has 0 bridgehead atoms. The Morgan fingerprint density at radius 3 is 2.76 bits per heavy atom. The minimum absolute atomic E-state index is 0.187. The maximum absolute atomic E-state index is 5.22. The summed E-state index contributed by atoms with van der Waals surface area (Å²) in [5, 5.41) is 11.5. The molecule has 2 N–H and O–H groups in total. The molecule has 1 unspecified atom stereocenters. The van der Waals surface area contributed by atoms with Gasteiger partial charge in [0.1, 0.15) is 0 Å². The molecule has 0 saturated carbocycles. The van der Waals surface area contributed by atoms with E-state index in [-0.39, 0.29) is 6.04 Å². The highest BCUT2D eigenvalue weighted by molar-refractivity contribution is 7.80. The minimum Gasteiger partial charge on any atom is -0.363 e. The van der Waals surface area contributed by atoms with Crippen molar-refractivity contribution in [3.05, 3.63) is 17.5 Å². The zero-order valence-corrected chi connectivity index (χ0v) is 11.9. The second-order valence-corrected chi connectivity index (χ2v) is 4.53. The van der Waals surface area contributed by atoms with Gasteiger partial charge in [-0.25, -0.2) is 0 Å². The van der Waals surface area contributed by atoms with Gasteiger partial charge in [0.05, 0.1) is 12.2 Å². The smallest absolute Gasteiger partial charge is 0.166 e. The van der Waals surface area contributed by atoms with Gasteiger partial charge in [0.2, 0.25) is 0 Å². The van der Waals surface area contributed by atoms with E-state index in [9.17, 15) is 0 Å². The number of nitrogens with zero attached hydrogens (tertiary/aromatic N) is 2. The summed E-state index contributed by atoms with van der Waals surface area (Å²) in [4.78, 5) is 0. The highest BCUT2D eigenvalue weighted by Crippen LogP contribution is 2.16. The van der Waals surface area contributed by atoms with E-state index in [2.05, 4.69) is 43.4 Å². The molecule has 0 aliphatic heterocycles. The molecule has 0 fully saturated rings. The van der Waals surface area contributed by atoms with E-state index in [1.165, 1.54) is 11.3 Å². The van der Waals surface area contributed by atoms with Crippen LogP contribution in [0.1, 0.15) is 44.5 Å². The van der Waals surface area contributed by atoms with Gasteiger partial charge in [0.15, 0.2) is 5.11 Å². The molecule has 0 radical (unpaired) electrons. The van der Waals surface area contributed by atoms with Crippen LogP contribution >= 0.6 is 12.2 Å². The monoisotopic (exact) mass is 254 g/mol. The first kappa shape index (κ1) is 14.0. The van der Waals surface area contributed by atoms with Crippen LogP contribution in [0.5, 0.6) is 0 Å². The molecule has 1 aromatic heterocycles. The van der Waals surface area contributed by atoms with Crippen molar-refractivity contribution in [1.29, 1.82) is 0 Å². The maximum atomic E-state index is 5.22. The Hall–Kier alpha value is -1.10. The average Bonchev–Trinajstić information content (AvgIpc) is 2.67. The first-order chi connectivity index (χ1) is 8.10. The van der Waals surface area contributed by atoms with Gasteiger partial charge in [-0.1, -0.05) is 6.92 Å². The fourth-order valence-corrected chi connectivity index (χ4v) is 2.05. The van der Waals surface area contributed by atoms with Crippen molar-refractivity contribution in [3.8, 4) is 0 Å². The largest absolute Gasteiger partial charge is 0.363 e. The van der Waals surface area contributed by atoms with E-state index in [0.717, 1.165) is 19.5 Å². The van der Waals surface area contributed by atoms with Crippen LogP contribution in [0.15, 0.2) is 6.20 Å². The molecule has 1 rings (SSSR count). The van der Waals surface area contributed by atoms with E-state index in [1.54, 1.807) is 0 Å². The number of rotatable bonds is 5. The van der Waals surface area contributed by atoms with Crippen molar-refractivity contribution < 1.29 is 0 Å². The quantitative estimate of drug-likeness (QED) is 0.790. The van der Waals surface area contributed by atoms with Gasteiger partial charge in [-0.15, -0.1) is 0 Å². The van der Waals surface area contributed by atoms with Crippen molar-refractivity contribution in [2.75, 3.05) is 6.54 Å². The first-order valence-electron chi connectivity index (χ1n) is 6.16. The molecule has 0 saturated heterocycles. The Morgan fingerprint density at radius 2 is 2.24 bits per heavy atom. The summed E-state index contributed by atoms with van der Waals surface area (Å²) >= 11 is 5.22. The van der Waals surface area contributed by atoms with E-state index < -0.39 is 0 Å². The highest BCUT2D eigenvalue weighted by Gasteiger charge is 2.13. The van der Waals surface area contributed by atoms with Gasteiger partial charge in [-0.3, -0.25) is 4.68 Å². The second kappa shape index (κ2) is 6.59. The maximum Gasteiger partial charge on any atom is 0.166 e. The average molecular weight is 254 g/mol. The number of thiocarbonyl (C=S) groups is 1. The van der Waals surface area contributed by atoms with Gasteiger partial charge in [-0.05, 0) is 39.4 Å². The van der Waals surface area contributed by atoms with Crippen LogP contribution in [-0.2, 0) is 6.54 Å². The molecular formula is C12H22N4S. The summed E-state index contributed by atoms with van der Waals surface area (Å²) in [5.74, 6) is 0. The summed E-state index contributed by atoms with van der Waals surface area (Å²) in [6.45, 7) is 10.2. The molecule has 17 heavy (non-hydrogen) atoms. The second-order valence-electron chi connectivity index (χ2n) is 4.12. The van der Waals surface area contributed by atoms with Gasteiger partial charge >= 0.3 is 0 Å². The standard InChI is InChI=1S/C12H22N4S/c1-5-7-13-12(17)15-9(3)11-8-14-16(6-2)10(11)4/h8-9H,5-7H2,1-4H3,(H2,13,15,17). The van der Waals surface area contributed by atoms with Crippen LogP contribution in [0.3, 0.4) is 0 Å². The fraction of sp³-hybridized carbons (Fsp3) is 0.667. The van der Waals surface area contributed by atoms with Crippen molar-refractivity contribution in [2.45, 2.75) is 46.7 Å². The molecule has 0 aliphatic carbocycles. The number of nitrogens with one attached hydrogen (secondary N) is 2. The SMILES string of the molecule is CCCNC(=S)NC(C)c1cnn(CC)c1C. The number of hydrogen-bond acceptors (Lipinski definition) is 2. The Morgan fingerprint density at radius 1 is 1.53 bits per heavy atom. The molecule has 5 heteroatoms. The van der Waals surface area contributed by atoms with E-state index in [1.807, 2.05) is 10.9 Å². The summed E-state index contributed by atoms with van der Waals surface area (Å²) < 4.78 is 2.00. The van der Waals surface area contributed by atoms with Crippen molar-refractivity contribution in [2.24, 2.45) is 0 Å². The third-order valence-corrected chi connectivity index (χ3v) is 3.05. The number of hydrogen-bond donors (Lipinski definition) is 2. The van der Waals surface area contributed by atoms with Gasteiger partial charge in [-0.2, -0.15) is 5.10 Å². The molecule has 1 aromatic rings.